The fraction of sp³-hybridized carbons (Fsp3) is 0.550. The second kappa shape index (κ2) is 8.80. The number of hydrogen-bond donors (Lipinski definition) is 0. The molecule has 4 rings (SSSR count). The smallest absolute Gasteiger partial charge is 0.263 e. The summed E-state index contributed by atoms with van der Waals surface area (Å²) in [6.07, 6.45) is 9.67. The topological polar surface area (TPSA) is 61.9 Å². The van der Waals surface area contributed by atoms with Gasteiger partial charge in [-0.3, -0.25) is 9.36 Å². The molecule has 1 atom stereocenters. The van der Waals surface area contributed by atoms with Crippen LogP contribution in [0.4, 0.5) is 0 Å². The molecule has 0 aliphatic carbocycles. The maximum Gasteiger partial charge on any atom is 0.263 e. The number of ether oxygens (including phenoxy) is 1. The van der Waals surface area contributed by atoms with E-state index >= 15 is 0 Å². The van der Waals surface area contributed by atoms with Crippen LogP contribution in [0.1, 0.15) is 36.6 Å². The molecule has 0 saturated carbocycles. The first kappa shape index (κ1) is 19.7. The Morgan fingerprint density at radius 3 is 3.04 bits per heavy atom. The van der Waals surface area contributed by atoms with Gasteiger partial charge in [-0.2, -0.15) is 0 Å². The van der Waals surface area contributed by atoms with Crippen LogP contribution < -0.4 is 5.56 Å². The molecule has 0 bridgehead atoms. The lowest BCUT2D eigenvalue weighted by Gasteiger charge is -2.16. The standard InChI is InChI=1S/C20H26N4O2S2/c1-3-16-14(2)28-18-17(16)19(25)24(12-15-6-4-10-26-15)20(22-18)27-11-5-8-23-9-7-21-13-23/h7,9,13,15H,3-6,8,10-12H2,1-2H3/t15-/m1/s1. The van der Waals surface area contributed by atoms with E-state index in [1.807, 2.05) is 17.1 Å². The minimum Gasteiger partial charge on any atom is -0.376 e. The van der Waals surface area contributed by atoms with Crippen molar-refractivity contribution in [1.82, 2.24) is 19.1 Å². The Bertz CT molecular complexity index is 988. The molecule has 1 fully saturated rings. The Morgan fingerprint density at radius 2 is 2.32 bits per heavy atom. The zero-order chi connectivity index (χ0) is 19.5. The predicted molar refractivity (Wildman–Crippen MR) is 115 cm³/mol. The van der Waals surface area contributed by atoms with Gasteiger partial charge in [0.25, 0.3) is 5.56 Å². The number of rotatable bonds is 8. The molecule has 3 aromatic heterocycles. The number of fused-ring (bicyclic) bond motifs is 1. The number of imidazole rings is 1. The predicted octanol–water partition coefficient (Wildman–Crippen LogP) is 3.89. The van der Waals surface area contributed by atoms with Gasteiger partial charge < -0.3 is 9.30 Å². The van der Waals surface area contributed by atoms with Gasteiger partial charge in [-0.05, 0) is 38.2 Å². The fourth-order valence-corrected chi connectivity index (χ4v) is 5.84. The normalized spacial score (nSPS) is 17.0. The summed E-state index contributed by atoms with van der Waals surface area (Å²) in [6.45, 7) is 6.51. The summed E-state index contributed by atoms with van der Waals surface area (Å²) >= 11 is 3.31. The first-order valence-electron chi connectivity index (χ1n) is 9.90. The van der Waals surface area contributed by atoms with E-state index in [2.05, 4.69) is 23.4 Å². The van der Waals surface area contributed by atoms with Crippen LogP contribution >= 0.6 is 23.1 Å². The number of aromatic nitrogens is 4. The van der Waals surface area contributed by atoms with Crippen LogP contribution in [0.15, 0.2) is 28.7 Å². The highest BCUT2D eigenvalue weighted by Crippen LogP contribution is 2.30. The van der Waals surface area contributed by atoms with Crippen molar-refractivity contribution in [1.29, 1.82) is 0 Å². The van der Waals surface area contributed by atoms with Gasteiger partial charge in [0.1, 0.15) is 4.83 Å². The highest BCUT2D eigenvalue weighted by Gasteiger charge is 2.22. The van der Waals surface area contributed by atoms with Crippen molar-refractivity contribution >= 4 is 33.3 Å². The average Bonchev–Trinajstić information content (AvgIpc) is 3.42. The SMILES string of the molecule is CCc1c(C)sc2nc(SCCCn3ccnc3)n(C[C@H]3CCCO3)c(=O)c12. The van der Waals surface area contributed by atoms with Gasteiger partial charge in [-0.15, -0.1) is 11.3 Å². The largest absolute Gasteiger partial charge is 0.376 e. The lowest BCUT2D eigenvalue weighted by molar-refractivity contribution is 0.0937. The van der Waals surface area contributed by atoms with Gasteiger partial charge in [-0.25, -0.2) is 9.97 Å². The highest BCUT2D eigenvalue weighted by molar-refractivity contribution is 7.99. The van der Waals surface area contributed by atoms with Gasteiger partial charge in [0.15, 0.2) is 5.16 Å². The quantitative estimate of drug-likeness (QED) is 0.316. The lowest BCUT2D eigenvalue weighted by Crippen LogP contribution is -2.29. The van der Waals surface area contributed by atoms with Crippen molar-refractivity contribution in [3.05, 3.63) is 39.5 Å². The molecule has 0 radical (unpaired) electrons. The molecule has 0 amide bonds. The van der Waals surface area contributed by atoms with Gasteiger partial charge in [-0.1, -0.05) is 18.7 Å². The van der Waals surface area contributed by atoms with Crippen molar-refractivity contribution in [3.8, 4) is 0 Å². The van der Waals surface area contributed by atoms with E-state index < -0.39 is 0 Å². The average molecular weight is 419 g/mol. The molecule has 0 unspecified atom stereocenters. The molecule has 0 N–H and O–H groups in total. The summed E-state index contributed by atoms with van der Waals surface area (Å²) in [5, 5.41) is 1.63. The van der Waals surface area contributed by atoms with E-state index in [1.54, 1.807) is 29.3 Å². The Labute approximate surface area is 173 Å². The van der Waals surface area contributed by atoms with Crippen LogP contribution in [0.25, 0.3) is 10.2 Å². The molecule has 150 valence electrons. The zero-order valence-electron chi connectivity index (χ0n) is 16.4. The van der Waals surface area contributed by atoms with Crippen molar-refractivity contribution in [2.75, 3.05) is 12.4 Å². The number of hydrogen-bond acceptors (Lipinski definition) is 6. The summed E-state index contributed by atoms with van der Waals surface area (Å²) in [7, 11) is 0. The molecule has 0 aromatic carbocycles. The molecule has 6 nitrogen and oxygen atoms in total. The van der Waals surface area contributed by atoms with Gasteiger partial charge in [0.05, 0.1) is 24.4 Å². The van der Waals surface area contributed by atoms with E-state index in [9.17, 15) is 4.79 Å². The van der Waals surface area contributed by atoms with Crippen LogP contribution in [-0.2, 0) is 24.2 Å². The molecule has 1 aliphatic heterocycles. The molecular formula is C20H26N4O2S2. The van der Waals surface area contributed by atoms with Crippen LogP contribution in [0.5, 0.6) is 0 Å². The Balaban J connectivity index is 1.61. The lowest BCUT2D eigenvalue weighted by atomic mass is 10.1. The number of thiophene rings is 1. The minimum absolute atomic E-state index is 0.0961. The third-order valence-electron chi connectivity index (χ3n) is 5.19. The van der Waals surface area contributed by atoms with Crippen LogP contribution in [0.3, 0.4) is 0 Å². The fourth-order valence-electron chi connectivity index (χ4n) is 3.75. The third kappa shape index (κ3) is 4.04. The zero-order valence-corrected chi connectivity index (χ0v) is 18.0. The van der Waals surface area contributed by atoms with Crippen molar-refractivity contribution < 1.29 is 4.74 Å². The van der Waals surface area contributed by atoms with E-state index in [0.717, 1.165) is 65.5 Å². The van der Waals surface area contributed by atoms with Crippen molar-refractivity contribution in [2.24, 2.45) is 0 Å². The van der Waals surface area contributed by atoms with Crippen LogP contribution in [0.2, 0.25) is 0 Å². The van der Waals surface area contributed by atoms with Crippen molar-refractivity contribution in [3.63, 3.8) is 0 Å². The van der Waals surface area contributed by atoms with E-state index in [-0.39, 0.29) is 11.7 Å². The summed E-state index contributed by atoms with van der Waals surface area (Å²) in [6, 6.07) is 0. The Morgan fingerprint density at radius 1 is 1.43 bits per heavy atom. The van der Waals surface area contributed by atoms with Crippen LogP contribution in [0, 0.1) is 6.92 Å². The molecule has 4 heterocycles. The summed E-state index contributed by atoms with van der Waals surface area (Å²) < 4.78 is 9.75. The van der Waals surface area contributed by atoms with E-state index in [1.165, 1.54) is 4.88 Å². The Kier molecular flexibility index (Phi) is 6.18. The minimum atomic E-state index is 0.0961. The molecule has 1 aliphatic rings. The van der Waals surface area contributed by atoms with Gasteiger partial charge in [0, 0.05) is 36.2 Å². The molecule has 0 spiro atoms. The van der Waals surface area contributed by atoms with Crippen LogP contribution in [-0.4, -0.2) is 37.6 Å². The first-order valence-corrected chi connectivity index (χ1v) is 11.7. The second-order valence-corrected chi connectivity index (χ2v) is 9.38. The summed E-state index contributed by atoms with van der Waals surface area (Å²) in [5.74, 6) is 0.909. The van der Waals surface area contributed by atoms with Crippen molar-refractivity contribution in [2.45, 2.75) is 63.9 Å². The highest BCUT2D eigenvalue weighted by atomic mass is 32.2. The van der Waals surface area contributed by atoms with Gasteiger partial charge in [0.2, 0.25) is 0 Å². The maximum atomic E-state index is 13.4. The Hall–Kier alpha value is -1.64. The third-order valence-corrected chi connectivity index (χ3v) is 7.30. The number of aryl methyl sites for hydroxylation is 3. The summed E-state index contributed by atoms with van der Waals surface area (Å²) in [5.41, 5.74) is 1.24. The van der Waals surface area contributed by atoms with E-state index in [4.69, 9.17) is 9.72 Å². The van der Waals surface area contributed by atoms with E-state index in [0.29, 0.717) is 6.54 Å². The monoisotopic (exact) mass is 418 g/mol. The summed E-state index contributed by atoms with van der Waals surface area (Å²) in [4.78, 5) is 24.5. The molecule has 3 aromatic rings. The molecular weight excluding hydrogens is 392 g/mol. The second-order valence-electron chi connectivity index (χ2n) is 7.12. The molecule has 1 saturated heterocycles. The first-order chi connectivity index (χ1) is 13.7. The number of thioether (sulfide) groups is 1. The maximum absolute atomic E-state index is 13.4. The molecule has 8 heteroatoms. The molecule has 28 heavy (non-hydrogen) atoms. The van der Waals surface area contributed by atoms with Gasteiger partial charge >= 0.3 is 0 Å². The number of nitrogens with zero attached hydrogens (tertiary/aromatic N) is 4.